The maximum atomic E-state index is 5.71. The van der Waals surface area contributed by atoms with E-state index in [2.05, 4.69) is 23.1 Å². The topological polar surface area (TPSA) is 47.7 Å². The van der Waals surface area contributed by atoms with Gasteiger partial charge in [0.25, 0.3) is 0 Å². The molecule has 0 radical (unpaired) electrons. The molecule has 0 atom stereocenters. The molecule has 1 aliphatic heterocycles. The van der Waals surface area contributed by atoms with Gasteiger partial charge in [0.15, 0.2) is 0 Å². The minimum atomic E-state index is 0.650. The summed E-state index contributed by atoms with van der Waals surface area (Å²) in [6.45, 7) is 6.83. The molecule has 18 heavy (non-hydrogen) atoms. The van der Waals surface area contributed by atoms with Crippen LogP contribution in [-0.4, -0.2) is 39.5 Å². The molecule has 0 aromatic heterocycles. The number of ether oxygens (including phenoxy) is 2. The third-order valence-electron chi connectivity index (χ3n) is 3.14. The van der Waals surface area contributed by atoms with Crippen LogP contribution in [0.4, 0.5) is 5.69 Å². The van der Waals surface area contributed by atoms with Crippen molar-refractivity contribution in [1.29, 1.82) is 0 Å². The van der Waals surface area contributed by atoms with Crippen LogP contribution < -0.4 is 15.4 Å². The number of rotatable bonds is 5. The fourth-order valence-electron chi connectivity index (χ4n) is 2.21. The van der Waals surface area contributed by atoms with Crippen molar-refractivity contribution >= 4 is 5.69 Å². The van der Waals surface area contributed by atoms with Crippen LogP contribution in [0.3, 0.4) is 0 Å². The first-order chi connectivity index (χ1) is 8.85. The summed E-state index contributed by atoms with van der Waals surface area (Å²) in [7, 11) is 0. The summed E-state index contributed by atoms with van der Waals surface area (Å²) in [6, 6.07) is 6.40. The molecule has 1 heterocycles. The molecule has 2 N–H and O–H groups in total. The molecule has 1 aromatic rings. The first kappa shape index (κ1) is 13.2. The van der Waals surface area contributed by atoms with Crippen molar-refractivity contribution in [2.75, 3.05) is 44.4 Å². The van der Waals surface area contributed by atoms with Crippen LogP contribution in [0, 0.1) is 0 Å². The molecule has 0 saturated carbocycles. The summed E-state index contributed by atoms with van der Waals surface area (Å²) in [5.74, 6) is 0.965. The van der Waals surface area contributed by atoms with E-state index in [0.717, 1.165) is 38.5 Å². The van der Waals surface area contributed by atoms with Crippen LogP contribution >= 0.6 is 0 Å². The molecule has 1 aliphatic rings. The van der Waals surface area contributed by atoms with Gasteiger partial charge in [-0.3, -0.25) is 0 Å². The highest BCUT2D eigenvalue weighted by atomic mass is 16.5. The highest BCUT2D eigenvalue weighted by Gasteiger charge is 2.13. The van der Waals surface area contributed by atoms with Crippen LogP contribution in [0.2, 0.25) is 0 Å². The highest BCUT2D eigenvalue weighted by Crippen LogP contribution is 2.26. The van der Waals surface area contributed by atoms with Gasteiger partial charge >= 0.3 is 0 Å². The number of anilines is 1. The summed E-state index contributed by atoms with van der Waals surface area (Å²) in [4.78, 5) is 2.33. The van der Waals surface area contributed by atoms with Crippen LogP contribution in [0.1, 0.15) is 12.5 Å². The molecular weight excluding hydrogens is 228 g/mol. The van der Waals surface area contributed by atoms with Gasteiger partial charge in [-0.05, 0) is 31.5 Å². The second-order valence-electron chi connectivity index (χ2n) is 4.36. The Bertz CT molecular complexity index is 376. The Balaban J connectivity index is 2.18. The molecule has 1 aromatic carbocycles. The Kier molecular flexibility index (Phi) is 4.84. The van der Waals surface area contributed by atoms with Gasteiger partial charge in [0.05, 0.1) is 19.8 Å². The van der Waals surface area contributed by atoms with Crippen LogP contribution in [0.5, 0.6) is 5.75 Å². The Morgan fingerprint density at radius 2 is 2.11 bits per heavy atom. The second kappa shape index (κ2) is 6.61. The van der Waals surface area contributed by atoms with Gasteiger partial charge in [-0.1, -0.05) is 6.07 Å². The van der Waals surface area contributed by atoms with Crippen molar-refractivity contribution in [3.8, 4) is 5.75 Å². The Morgan fingerprint density at radius 1 is 1.33 bits per heavy atom. The van der Waals surface area contributed by atoms with E-state index in [1.807, 2.05) is 6.92 Å². The van der Waals surface area contributed by atoms with Crippen molar-refractivity contribution in [2.45, 2.75) is 13.3 Å². The predicted molar refractivity (Wildman–Crippen MR) is 73.4 cm³/mol. The summed E-state index contributed by atoms with van der Waals surface area (Å²) >= 11 is 0. The molecule has 4 heteroatoms. The molecule has 0 spiro atoms. The first-order valence-corrected chi connectivity index (χ1v) is 6.63. The Morgan fingerprint density at radius 3 is 2.78 bits per heavy atom. The molecule has 0 amide bonds. The van der Waals surface area contributed by atoms with E-state index in [-0.39, 0.29) is 0 Å². The van der Waals surface area contributed by atoms with E-state index in [4.69, 9.17) is 15.2 Å². The quantitative estimate of drug-likeness (QED) is 0.858. The predicted octanol–water partition coefficient (Wildman–Crippen LogP) is 1.42. The number of nitrogens with two attached hydrogens (primary N) is 1. The van der Waals surface area contributed by atoms with E-state index >= 15 is 0 Å². The summed E-state index contributed by atoms with van der Waals surface area (Å²) in [5, 5.41) is 0. The minimum Gasteiger partial charge on any atom is -0.494 e. The minimum absolute atomic E-state index is 0.650. The third-order valence-corrected chi connectivity index (χ3v) is 3.14. The maximum absolute atomic E-state index is 5.71. The fraction of sp³-hybridized carbons (Fsp3) is 0.571. The Labute approximate surface area is 109 Å². The van der Waals surface area contributed by atoms with Gasteiger partial charge in [-0.15, -0.1) is 0 Å². The lowest BCUT2D eigenvalue weighted by Crippen LogP contribution is -2.36. The first-order valence-electron chi connectivity index (χ1n) is 6.63. The maximum Gasteiger partial charge on any atom is 0.124 e. The molecule has 2 rings (SSSR count). The third kappa shape index (κ3) is 3.15. The monoisotopic (exact) mass is 250 g/mol. The van der Waals surface area contributed by atoms with Gasteiger partial charge in [-0.2, -0.15) is 0 Å². The fourth-order valence-corrected chi connectivity index (χ4v) is 2.21. The molecule has 4 nitrogen and oxygen atoms in total. The SMILES string of the molecule is CCOc1cc(N2CCOCC2)ccc1CCN. The number of benzene rings is 1. The highest BCUT2D eigenvalue weighted by molar-refractivity contribution is 5.54. The lowest BCUT2D eigenvalue weighted by Gasteiger charge is -2.29. The zero-order valence-electron chi connectivity index (χ0n) is 11.0. The average molecular weight is 250 g/mol. The van der Waals surface area contributed by atoms with Crippen LogP contribution in [-0.2, 0) is 11.2 Å². The van der Waals surface area contributed by atoms with E-state index in [1.54, 1.807) is 0 Å². The molecule has 0 aliphatic carbocycles. The summed E-state index contributed by atoms with van der Waals surface area (Å²) in [6.07, 6.45) is 0.860. The molecule has 100 valence electrons. The molecule has 1 saturated heterocycles. The smallest absolute Gasteiger partial charge is 0.124 e. The molecule has 0 bridgehead atoms. The van der Waals surface area contributed by atoms with Crippen molar-refractivity contribution in [2.24, 2.45) is 5.73 Å². The summed E-state index contributed by atoms with van der Waals surface area (Å²) in [5.41, 5.74) is 8.03. The molecular formula is C14H22N2O2. The van der Waals surface area contributed by atoms with E-state index in [9.17, 15) is 0 Å². The van der Waals surface area contributed by atoms with Crippen molar-refractivity contribution in [1.82, 2.24) is 0 Å². The largest absolute Gasteiger partial charge is 0.494 e. The van der Waals surface area contributed by atoms with Gasteiger partial charge < -0.3 is 20.1 Å². The van der Waals surface area contributed by atoms with Gasteiger partial charge in [-0.25, -0.2) is 0 Å². The average Bonchev–Trinajstić information content (AvgIpc) is 2.42. The number of morpholine rings is 1. The van der Waals surface area contributed by atoms with Gasteiger partial charge in [0.1, 0.15) is 5.75 Å². The number of nitrogens with zero attached hydrogens (tertiary/aromatic N) is 1. The number of hydrogen-bond acceptors (Lipinski definition) is 4. The van der Waals surface area contributed by atoms with Crippen molar-refractivity contribution in [3.05, 3.63) is 23.8 Å². The van der Waals surface area contributed by atoms with Crippen molar-refractivity contribution < 1.29 is 9.47 Å². The van der Waals surface area contributed by atoms with E-state index in [1.165, 1.54) is 11.3 Å². The summed E-state index contributed by atoms with van der Waals surface area (Å²) < 4.78 is 11.1. The molecule has 1 fully saturated rings. The van der Waals surface area contributed by atoms with Crippen LogP contribution in [0.15, 0.2) is 18.2 Å². The Hall–Kier alpha value is -1.26. The van der Waals surface area contributed by atoms with Crippen molar-refractivity contribution in [3.63, 3.8) is 0 Å². The van der Waals surface area contributed by atoms with E-state index < -0.39 is 0 Å². The zero-order valence-corrected chi connectivity index (χ0v) is 11.0. The molecule has 0 unspecified atom stereocenters. The second-order valence-corrected chi connectivity index (χ2v) is 4.36. The van der Waals surface area contributed by atoms with Crippen LogP contribution in [0.25, 0.3) is 0 Å². The lowest BCUT2D eigenvalue weighted by atomic mass is 10.1. The zero-order chi connectivity index (χ0) is 12.8. The van der Waals surface area contributed by atoms with Gasteiger partial charge in [0, 0.05) is 24.8 Å². The normalized spacial score (nSPS) is 15.8. The number of hydrogen-bond donors (Lipinski definition) is 1. The van der Waals surface area contributed by atoms with Gasteiger partial charge in [0.2, 0.25) is 0 Å². The lowest BCUT2D eigenvalue weighted by molar-refractivity contribution is 0.122. The van der Waals surface area contributed by atoms with E-state index in [0.29, 0.717) is 13.2 Å². The standard InChI is InChI=1S/C14H22N2O2/c1-2-18-14-11-13(4-3-12(14)5-6-15)16-7-9-17-10-8-16/h3-4,11H,2,5-10,15H2,1H3.